The highest BCUT2D eigenvalue weighted by Gasteiger charge is 2.28. The fraction of sp³-hybridized carbons (Fsp3) is 0.160. The predicted octanol–water partition coefficient (Wildman–Crippen LogP) is 4.29. The van der Waals surface area contributed by atoms with Crippen molar-refractivity contribution in [2.24, 2.45) is 0 Å². The van der Waals surface area contributed by atoms with Crippen LogP contribution in [-0.2, 0) is 4.79 Å². The maximum absolute atomic E-state index is 12.8. The standard InChI is InChI=1S/C25H24N4O2/c26-21-6-1-2-7-22(21)28-25(31)19-12-9-18(10-13-19)11-14-24(30)29-16-4-8-23(29)20-5-3-15-27-17-20/h1-3,5-7,9-15,17,23H,4,8,16,26H2,(H,28,31)/b14-11+. The van der Waals surface area contributed by atoms with Gasteiger partial charge in [-0.15, -0.1) is 0 Å². The summed E-state index contributed by atoms with van der Waals surface area (Å²) in [6, 6.07) is 18.2. The highest BCUT2D eigenvalue weighted by atomic mass is 16.2. The van der Waals surface area contributed by atoms with Crippen LogP contribution in [0.15, 0.2) is 79.1 Å². The van der Waals surface area contributed by atoms with Gasteiger partial charge in [0.1, 0.15) is 0 Å². The van der Waals surface area contributed by atoms with Crippen molar-refractivity contribution in [1.29, 1.82) is 0 Å². The van der Waals surface area contributed by atoms with Gasteiger partial charge in [0.25, 0.3) is 5.91 Å². The van der Waals surface area contributed by atoms with Crippen LogP contribution in [0.25, 0.3) is 6.08 Å². The van der Waals surface area contributed by atoms with Gasteiger partial charge in [0.2, 0.25) is 5.91 Å². The molecule has 1 unspecified atom stereocenters. The Hall–Kier alpha value is -3.93. The third-order valence-corrected chi connectivity index (χ3v) is 5.41. The van der Waals surface area contributed by atoms with E-state index in [1.54, 1.807) is 42.6 Å². The fourth-order valence-electron chi connectivity index (χ4n) is 3.76. The first-order valence-corrected chi connectivity index (χ1v) is 10.3. The Morgan fingerprint density at radius 2 is 1.87 bits per heavy atom. The molecule has 1 fully saturated rings. The number of rotatable bonds is 5. The van der Waals surface area contributed by atoms with E-state index in [1.807, 2.05) is 47.5 Å². The maximum Gasteiger partial charge on any atom is 0.255 e. The van der Waals surface area contributed by atoms with E-state index in [-0.39, 0.29) is 17.9 Å². The molecule has 4 rings (SSSR count). The molecule has 156 valence electrons. The van der Waals surface area contributed by atoms with Gasteiger partial charge in [0.05, 0.1) is 17.4 Å². The molecule has 3 aromatic rings. The second kappa shape index (κ2) is 9.26. The van der Waals surface area contributed by atoms with Gasteiger partial charge >= 0.3 is 0 Å². The Balaban J connectivity index is 1.40. The smallest absolute Gasteiger partial charge is 0.255 e. The zero-order valence-corrected chi connectivity index (χ0v) is 17.1. The van der Waals surface area contributed by atoms with E-state index in [1.165, 1.54) is 0 Å². The van der Waals surface area contributed by atoms with Crippen molar-refractivity contribution in [2.45, 2.75) is 18.9 Å². The minimum absolute atomic E-state index is 0.0206. The van der Waals surface area contributed by atoms with Crippen molar-refractivity contribution in [3.05, 3.63) is 95.8 Å². The highest BCUT2D eigenvalue weighted by molar-refractivity contribution is 6.05. The molecule has 1 aliphatic rings. The number of pyridine rings is 1. The van der Waals surface area contributed by atoms with Gasteiger partial charge in [-0.2, -0.15) is 0 Å². The number of nitrogens with zero attached hydrogens (tertiary/aromatic N) is 2. The van der Waals surface area contributed by atoms with E-state index in [2.05, 4.69) is 10.3 Å². The molecule has 3 N–H and O–H groups in total. The third kappa shape index (κ3) is 4.80. The first-order chi connectivity index (χ1) is 15.1. The quantitative estimate of drug-likeness (QED) is 0.483. The number of nitrogens with two attached hydrogens (primary N) is 1. The molecule has 1 aromatic heterocycles. The van der Waals surface area contributed by atoms with Crippen molar-refractivity contribution in [2.75, 3.05) is 17.6 Å². The summed E-state index contributed by atoms with van der Waals surface area (Å²) in [5.74, 6) is -0.256. The van der Waals surface area contributed by atoms with Crippen LogP contribution < -0.4 is 11.1 Å². The summed E-state index contributed by atoms with van der Waals surface area (Å²) in [5, 5.41) is 2.81. The number of nitrogen functional groups attached to an aromatic ring is 1. The average Bonchev–Trinajstić information content (AvgIpc) is 3.30. The van der Waals surface area contributed by atoms with Crippen molar-refractivity contribution in [3.63, 3.8) is 0 Å². The predicted molar refractivity (Wildman–Crippen MR) is 122 cm³/mol. The minimum Gasteiger partial charge on any atom is -0.397 e. The molecule has 1 saturated heterocycles. The molecule has 0 bridgehead atoms. The van der Waals surface area contributed by atoms with E-state index in [0.717, 1.165) is 30.5 Å². The first-order valence-electron chi connectivity index (χ1n) is 10.3. The number of amides is 2. The highest BCUT2D eigenvalue weighted by Crippen LogP contribution is 2.31. The number of carbonyl (C=O) groups excluding carboxylic acids is 2. The van der Waals surface area contributed by atoms with Gasteiger partial charge in [-0.05, 0) is 60.4 Å². The molecule has 0 spiro atoms. The van der Waals surface area contributed by atoms with Gasteiger partial charge in [0, 0.05) is 30.6 Å². The molecule has 6 nitrogen and oxygen atoms in total. The summed E-state index contributed by atoms with van der Waals surface area (Å²) in [6.45, 7) is 0.741. The Kier molecular flexibility index (Phi) is 6.08. The van der Waals surface area contributed by atoms with Crippen LogP contribution in [0.1, 0.15) is 40.4 Å². The second-order valence-electron chi connectivity index (χ2n) is 7.47. The molecular weight excluding hydrogens is 388 g/mol. The van der Waals surface area contributed by atoms with Crippen LogP contribution in [0.2, 0.25) is 0 Å². The molecule has 0 saturated carbocycles. The molecule has 1 aliphatic heterocycles. The van der Waals surface area contributed by atoms with Gasteiger partial charge < -0.3 is 16.0 Å². The number of carbonyl (C=O) groups is 2. The van der Waals surface area contributed by atoms with Crippen LogP contribution in [0.3, 0.4) is 0 Å². The zero-order valence-electron chi connectivity index (χ0n) is 17.1. The topological polar surface area (TPSA) is 88.3 Å². The van der Waals surface area contributed by atoms with Crippen LogP contribution >= 0.6 is 0 Å². The van der Waals surface area contributed by atoms with Crippen molar-refractivity contribution >= 4 is 29.3 Å². The minimum atomic E-state index is -0.235. The number of likely N-dealkylation sites (tertiary alicyclic amines) is 1. The number of benzene rings is 2. The lowest BCUT2D eigenvalue weighted by Gasteiger charge is -2.23. The average molecular weight is 412 g/mol. The molecule has 6 heteroatoms. The van der Waals surface area contributed by atoms with Gasteiger partial charge in [-0.3, -0.25) is 14.6 Å². The Labute approximate surface area is 181 Å². The van der Waals surface area contributed by atoms with Crippen molar-refractivity contribution < 1.29 is 9.59 Å². The van der Waals surface area contributed by atoms with Gasteiger partial charge in [0.15, 0.2) is 0 Å². The Morgan fingerprint density at radius 1 is 1.06 bits per heavy atom. The summed E-state index contributed by atoms with van der Waals surface area (Å²) in [6.07, 6.45) is 8.86. The Morgan fingerprint density at radius 3 is 2.61 bits per heavy atom. The molecule has 2 amide bonds. The van der Waals surface area contributed by atoms with E-state index >= 15 is 0 Å². The maximum atomic E-state index is 12.8. The third-order valence-electron chi connectivity index (χ3n) is 5.41. The van der Waals surface area contributed by atoms with Crippen LogP contribution in [0, 0.1) is 0 Å². The number of hydrogen-bond donors (Lipinski definition) is 2. The molecular formula is C25H24N4O2. The number of nitrogens with one attached hydrogen (secondary N) is 1. The number of anilines is 2. The second-order valence-corrected chi connectivity index (χ2v) is 7.47. The zero-order chi connectivity index (χ0) is 21.6. The summed E-state index contributed by atoms with van der Waals surface area (Å²) in [4.78, 5) is 31.3. The summed E-state index contributed by atoms with van der Waals surface area (Å²) < 4.78 is 0. The normalized spacial score (nSPS) is 15.9. The lowest BCUT2D eigenvalue weighted by atomic mass is 10.1. The monoisotopic (exact) mass is 412 g/mol. The van der Waals surface area contributed by atoms with Gasteiger partial charge in [-0.25, -0.2) is 0 Å². The van der Waals surface area contributed by atoms with Gasteiger partial charge in [-0.1, -0.05) is 30.3 Å². The fourth-order valence-corrected chi connectivity index (χ4v) is 3.76. The summed E-state index contributed by atoms with van der Waals surface area (Å²) in [7, 11) is 0. The molecule has 2 heterocycles. The number of aromatic nitrogens is 1. The van der Waals surface area contributed by atoms with Crippen molar-refractivity contribution in [3.8, 4) is 0 Å². The number of hydrogen-bond acceptors (Lipinski definition) is 4. The van der Waals surface area contributed by atoms with Crippen LogP contribution in [0.4, 0.5) is 11.4 Å². The molecule has 0 aliphatic carbocycles. The van der Waals surface area contributed by atoms with E-state index < -0.39 is 0 Å². The van der Waals surface area contributed by atoms with Crippen LogP contribution in [0.5, 0.6) is 0 Å². The largest absolute Gasteiger partial charge is 0.397 e. The molecule has 31 heavy (non-hydrogen) atoms. The summed E-state index contributed by atoms with van der Waals surface area (Å²) >= 11 is 0. The Bertz CT molecular complexity index is 1090. The lowest BCUT2D eigenvalue weighted by molar-refractivity contribution is -0.126. The SMILES string of the molecule is Nc1ccccc1NC(=O)c1ccc(/C=C/C(=O)N2CCCC2c2cccnc2)cc1. The first kappa shape index (κ1) is 20.3. The van der Waals surface area contributed by atoms with E-state index in [9.17, 15) is 9.59 Å². The van der Waals surface area contributed by atoms with E-state index in [4.69, 9.17) is 5.73 Å². The van der Waals surface area contributed by atoms with E-state index in [0.29, 0.717) is 16.9 Å². The molecule has 1 atom stereocenters. The molecule has 0 radical (unpaired) electrons. The molecule has 2 aromatic carbocycles. The lowest BCUT2D eigenvalue weighted by Crippen LogP contribution is -2.28. The van der Waals surface area contributed by atoms with Crippen LogP contribution in [-0.4, -0.2) is 28.2 Å². The van der Waals surface area contributed by atoms with Crippen molar-refractivity contribution in [1.82, 2.24) is 9.88 Å². The number of para-hydroxylation sites is 2. The summed E-state index contributed by atoms with van der Waals surface area (Å²) in [5.41, 5.74) is 9.40.